The summed E-state index contributed by atoms with van der Waals surface area (Å²) in [6.07, 6.45) is 0. The van der Waals surface area contributed by atoms with Crippen LogP contribution in [0.5, 0.6) is 5.75 Å². The van der Waals surface area contributed by atoms with Crippen molar-refractivity contribution < 1.29 is 9.53 Å². The van der Waals surface area contributed by atoms with Gasteiger partial charge in [-0.05, 0) is 30.3 Å². The molecule has 0 saturated heterocycles. The molecule has 0 saturated carbocycles. The molecule has 1 amide bonds. The molecule has 0 fully saturated rings. The maximum atomic E-state index is 12.0. The molecule has 1 N–H and O–H groups in total. The summed E-state index contributed by atoms with van der Waals surface area (Å²) >= 11 is 14.8. The molecule has 0 bridgehead atoms. The minimum absolute atomic E-state index is 0.185. The number of amides is 1. The van der Waals surface area contributed by atoms with Crippen molar-refractivity contribution in [2.75, 3.05) is 11.9 Å². The smallest absolute Gasteiger partial charge is 0.264 e. The molecule has 1 aromatic heterocycles. The first-order valence-electron chi connectivity index (χ1n) is 7.48. The lowest BCUT2D eigenvalue weighted by molar-refractivity contribution is -0.118. The Kier molecular flexibility index (Phi) is 6.73. The van der Waals surface area contributed by atoms with Gasteiger partial charge in [0.05, 0.1) is 10.8 Å². The topological polar surface area (TPSA) is 64.1 Å². The quantitative estimate of drug-likeness (QED) is 0.529. The van der Waals surface area contributed by atoms with Crippen molar-refractivity contribution in [1.82, 2.24) is 10.2 Å². The number of carbonyl (C=O) groups is 1. The standard InChI is InChI=1S/C17H13Cl2N3O2S2/c18-11-6-7-14(13(19)8-11)24-9-15(23)20-17-22-21-16(26-17)10-25-12-4-2-1-3-5-12/h1-8H,9-10H2,(H,20,22,23). The number of halogens is 2. The zero-order chi connectivity index (χ0) is 18.4. The van der Waals surface area contributed by atoms with Crippen molar-refractivity contribution in [3.05, 3.63) is 63.6 Å². The van der Waals surface area contributed by atoms with Crippen molar-refractivity contribution in [2.24, 2.45) is 0 Å². The molecule has 0 spiro atoms. The lowest BCUT2D eigenvalue weighted by Crippen LogP contribution is -2.20. The number of anilines is 1. The summed E-state index contributed by atoms with van der Waals surface area (Å²) in [4.78, 5) is 13.1. The first-order valence-corrected chi connectivity index (χ1v) is 10.0. The van der Waals surface area contributed by atoms with Gasteiger partial charge in [0.1, 0.15) is 10.8 Å². The van der Waals surface area contributed by atoms with Crippen LogP contribution in [-0.2, 0) is 10.5 Å². The monoisotopic (exact) mass is 425 g/mol. The molecule has 9 heteroatoms. The van der Waals surface area contributed by atoms with Crippen LogP contribution in [0.1, 0.15) is 5.01 Å². The van der Waals surface area contributed by atoms with Gasteiger partial charge in [0.15, 0.2) is 6.61 Å². The van der Waals surface area contributed by atoms with Crippen LogP contribution >= 0.6 is 46.3 Å². The molecule has 0 atom stereocenters. The number of hydrogen-bond donors (Lipinski definition) is 1. The number of ether oxygens (including phenoxy) is 1. The van der Waals surface area contributed by atoms with Crippen LogP contribution in [0, 0.1) is 0 Å². The number of nitrogens with one attached hydrogen (secondary N) is 1. The van der Waals surface area contributed by atoms with Crippen LogP contribution in [0.4, 0.5) is 5.13 Å². The Morgan fingerprint density at radius 1 is 1.15 bits per heavy atom. The highest BCUT2D eigenvalue weighted by molar-refractivity contribution is 7.98. The van der Waals surface area contributed by atoms with Crippen LogP contribution in [0.15, 0.2) is 53.4 Å². The lowest BCUT2D eigenvalue weighted by Gasteiger charge is -2.07. The Morgan fingerprint density at radius 2 is 1.96 bits per heavy atom. The second-order valence-electron chi connectivity index (χ2n) is 5.01. The van der Waals surface area contributed by atoms with E-state index in [1.807, 2.05) is 30.3 Å². The summed E-state index contributed by atoms with van der Waals surface area (Å²) in [5.74, 6) is 0.742. The molecule has 3 rings (SSSR count). The lowest BCUT2D eigenvalue weighted by atomic mass is 10.3. The SMILES string of the molecule is O=C(COc1ccc(Cl)cc1Cl)Nc1nnc(CSc2ccccc2)s1. The van der Waals surface area contributed by atoms with Crippen LogP contribution < -0.4 is 10.1 Å². The van der Waals surface area contributed by atoms with E-state index >= 15 is 0 Å². The molecule has 0 aliphatic heterocycles. The average molecular weight is 426 g/mol. The molecule has 26 heavy (non-hydrogen) atoms. The van der Waals surface area contributed by atoms with E-state index in [4.69, 9.17) is 27.9 Å². The van der Waals surface area contributed by atoms with Gasteiger partial charge < -0.3 is 4.74 Å². The van der Waals surface area contributed by atoms with Gasteiger partial charge in [-0.1, -0.05) is 52.7 Å². The van der Waals surface area contributed by atoms with Crippen LogP contribution in [0.3, 0.4) is 0 Å². The van der Waals surface area contributed by atoms with Gasteiger partial charge in [0.2, 0.25) is 5.13 Å². The van der Waals surface area contributed by atoms with Crippen LogP contribution in [-0.4, -0.2) is 22.7 Å². The predicted molar refractivity (Wildman–Crippen MR) is 106 cm³/mol. The van der Waals surface area contributed by atoms with E-state index in [1.165, 1.54) is 11.3 Å². The van der Waals surface area contributed by atoms with E-state index in [1.54, 1.807) is 30.0 Å². The van der Waals surface area contributed by atoms with E-state index in [0.717, 1.165) is 9.90 Å². The first kappa shape index (κ1) is 19.0. The van der Waals surface area contributed by atoms with E-state index in [-0.39, 0.29) is 12.5 Å². The maximum Gasteiger partial charge on any atom is 0.264 e. The summed E-state index contributed by atoms with van der Waals surface area (Å²) in [5.41, 5.74) is 0. The van der Waals surface area contributed by atoms with Gasteiger partial charge in [-0.3, -0.25) is 10.1 Å². The third-order valence-corrected chi connectivity index (χ3v) is 5.65. The van der Waals surface area contributed by atoms with E-state index in [2.05, 4.69) is 15.5 Å². The zero-order valence-corrected chi connectivity index (χ0v) is 16.5. The number of benzene rings is 2. The zero-order valence-electron chi connectivity index (χ0n) is 13.3. The van der Waals surface area contributed by atoms with Gasteiger partial charge in [0.25, 0.3) is 5.91 Å². The molecule has 0 aliphatic carbocycles. The van der Waals surface area contributed by atoms with E-state index < -0.39 is 0 Å². The second-order valence-corrected chi connectivity index (χ2v) is 7.97. The second kappa shape index (κ2) is 9.23. The van der Waals surface area contributed by atoms with Crippen LogP contribution in [0.25, 0.3) is 0 Å². The van der Waals surface area contributed by atoms with E-state index in [0.29, 0.717) is 26.7 Å². The predicted octanol–water partition coefficient (Wildman–Crippen LogP) is 5.15. The van der Waals surface area contributed by atoms with Gasteiger partial charge in [-0.15, -0.1) is 22.0 Å². The summed E-state index contributed by atoms with van der Waals surface area (Å²) < 4.78 is 5.39. The molecular weight excluding hydrogens is 413 g/mol. The normalized spacial score (nSPS) is 10.5. The highest BCUT2D eigenvalue weighted by Gasteiger charge is 2.10. The minimum atomic E-state index is -0.338. The van der Waals surface area contributed by atoms with Crippen molar-refractivity contribution in [3.63, 3.8) is 0 Å². The molecular formula is C17H13Cl2N3O2S2. The molecule has 1 heterocycles. The number of rotatable bonds is 7. The minimum Gasteiger partial charge on any atom is -0.482 e. The Bertz CT molecular complexity index is 891. The molecule has 2 aromatic carbocycles. The number of hydrogen-bond acceptors (Lipinski definition) is 6. The van der Waals surface area contributed by atoms with E-state index in [9.17, 15) is 4.79 Å². The fourth-order valence-corrected chi connectivity index (χ4v) is 4.04. The average Bonchev–Trinajstić information content (AvgIpc) is 3.07. The molecule has 0 unspecified atom stereocenters. The van der Waals surface area contributed by atoms with Gasteiger partial charge in [-0.2, -0.15) is 0 Å². The molecule has 3 aromatic rings. The molecule has 0 aliphatic rings. The number of aromatic nitrogens is 2. The number of carbonyl (C=O) groups excluding carboxylic acids is 1. The summed E-state index contributed by atoms with van der Waals surface area (Å²) in [6.45, 7) is -0.185. The molecule has 0 radical (unpaired) electrons. The largest absolute Gasteiger partial charge is 0.482 e. The Balaban J connectivity index is 1.48. The van der Waals surface area contributed by atoms with Crippen molar-refractivity contribution >= 4 is 57.3 Å². The fraction of sp³-hybridized carbons (Fsp3) is 0.118. The summed E-state index contributed by atoms with van der Waals surface area (Å²) in [6, 6.07) is 14.8. The Labute approximate surface area is 168 Å². The summed E-state index contributed by atoms with van der Waals surface area (Å²) in [5, 5.41) is 12.8. The van der Waals surface area contributed by atoms with Crippen LogP contribution in [0.2, 0.25) is 10.0 Å². The van der Waals surface area contributed by atoms with Gasteiger partial charge in [-0.25, -0.2) is 0 Å². The maximum absolute atomic E-state index is 12.0. The van der Waals surface area contributed by atoms with Crippen molar-refractivity contribution in [2.45, 2.75) is 10.6 Å². The fourth-order valence-electron chi connectivity index (χ4n) is 1.92. The Hall–Kier alpha value is -1.80. The third kappa shape index (κ3) is 5.60. The Morgan fingerprint density at radius 3 is 2.73 bits per heavy atom. The van der Waals surface area contributed by atoms with Crippen molar-refractivity contribution in [3.8, 4) is 5.75 Å². The first-order chi connectivity index (χ1) is 12.6. The number of thioether (sulfide) groups is 1. The molecule has 134 valence electrons. The summed E-state index contributed by atoms with van der Waals surface area (Å²) in [7, 11) is 0. The van der Waals surface area contributed by atoms with Gasteiger partial charge >= 0.3 is 0 Å². The third-order valence-electron chi connectivity index (χ3n) is 3.07. The van der Waals surface area contributed by atoms with Crippen molar-refractivity contribution in [1.29, 1.82) is 0 Å². The highest BCUT2D eigenvalue weighted by atomic mass is 35.5. The van der Waals surface area contributed by atoms with Gasteiger partial charge in [0, 0.05) is 9.92 Å². The number of nitrogens with zero attached hydrogens (tertiary/aromatic N) is 2. The highest BCUT2D eigenvalue weighted by Crippen LogP contribution is 2.28. The molecule has 5 nitrogen and oxygen atoms in total.